The van der Waals surface area contributed by atoms with Crippen molar-refractivity contribution in [1.29, 1.82) is 0 Å². The first-order chi connectivity index (χ1) is 9.90. The lowest BCUT2D eigenvalue weighted by Crippen LogP contribution is -2.46. The van der Waals surface area contributed by atoms with Crippen LogP contribution in [0.2, 0.25) is 10.0 Å². The van der Waals surface area contributed by atoms with E-state index in [1.807, 2.05) is 6.92 Å². The molecule has 2 amide bonds. The van der Waals surface area contributed by atoms with E-state index in [0.717, 1.165) is 11.5 Å². The number of anilines is 1. The molecule has 1 atom stereocenters. The smallest absolute Gasteiger partial charge is 0.335 e. The number of thioether (sulfide) groups is 1. The van der Waals surface area contributed by atoms with Gasteiger partial charge in [-0.1, -0.05) is 23.2 Å². The molecule has 5 nitrogen and oxygen atoms in total. The van der Waals surface area contributed by atoms with Gasteiger partial charge >= 0.3 is 12.0 Å². The van der Waals surface area contributed by atoms with Crippen LogP contribution in [0.3, 0.4) is 0 Å². The molecule has 8 heteroatoms. The van der Waals surface area contributed by atoms with Gasteiger partial charge in [-0.2, -0.15) is 11.8 Å². The Balaban J connectivity index is 2.19. The highest BCUT2D eigenvalue weighted by atomic mass is 35.5. The minimum Gasteiger partial charge on any atom is -0.478 e. The highest BCUT2D eigenvalue weighted by Crippen LogP contribution is 2.32. The third-order valence-electron chi connectivity index (χ3n) is 3.15. The molecule has 0 bridgehead atoms. The number of amides is 2. The van der Waals surface area contributed by atoms with Crippen molar-refractivity contribution >= 4 is 52.7 Å². The van der Waals surface area contributed by atoms with Gasteiger partial charge in [-0.25, -0.2) is 9.59 Å². The number of carboxylic acids is 1. The predicted octanol–water partition coefficient (Wildman–Crippen LogP) is 3.66. The van der Waals surface area contributed by atoms with Gasteiger partial charge in [0.25, 0.3) is 0 Å². The van der Waals surface area contributed by atoms with Crippen molar-refractivity contribution in [2.45, 2.75) is 13.0 Å². The molecule has 0 aromatic heterocycles. The fourth-order valence-corrected chi connectivity index (χ4v) is 3.62. The van der Waals surface area contributed by atoms with Crippen LogP contribution in [0.4, 0.5) is 10.5 Å². The molecule has 0 radical (unpaired) electrons. The van der Waals surface area contributed by atoms with E-state index >= 15 is 0 Å². The lowest BCUT2D eigenvalue weighted by atomic mass is 10.2. The molecule has 1 unspecified atom stereocenters. The highest BCUT2D eigenvalue weighted by molar-refractivity contribution is 7.99. The standard InChI is InChI=1S/C13H14Cl2N2O3S/c1-7-6-21-3-2-17(7)13(20)16-11-9(14)4-8(12(18)19)5-10(11)15/h4-5,7H,2-3,6H2,1H3,(H,16,20)(H,18,19). The molecule has 0 spiro atoms. The molecule has 1 fully saturated rings. The van der Waals surface area contributed by atoms with Crippen LogP contribution >= 0.6 is 35.0 Å². The number of nitrogens with zero attached hydrogens (tertiary/aromatic N) is 1. The summed E-state index contributed by atoms with van der Waals surface area (Å²) in [5.41, 5.74) is 0.212. The second-order valence-corrected chi connectivity index (χ2v) is 6.63. The molecular formula is C13H14Cl2N2O3S. The number of nitrogens with one attached hydrogen (secondary N) is 1. The number of benzene rings is 1. The van der Waals surface area contributed by atoms with Crippen molar-refractivity contribution in [1.82, 2.24) is 4.90 Å². The molecule has 2 N–H and O–H groups in total. The Morgan fingerprint density at radius 2 is 2.00 bits per heavy atom. The summed E-state index contributed by atoms with van der Waals surface area (Å²) in [6, 6.07) is 2.37. The van der Waals surface area contributed by atoms with Gasteiger partial charge in [0.05, 0.1) is 21.3 Å². The van der Waals surface area contributed by atoms with Crippen LogP contribution in [0.5, 0.6) is 0 Å². The topological polar surface area (TPSA) is 69.6 Å². The summed E-state index contributed by atoms with van der Waals surface area (Å²) < 4.78 is 0. The van der Waals surface area contributed by atoms with Crippen LogP contribution in [0.1, 0.15) is 17.3 Å². The molecular weight excluding hydrogens is 335 g/mol. The first-order valence-corrected chi connectivity index (χ1v) is 8.19. The summed E-state index contributed by atoms with van der Waals surface area (Å²) in [7, 11) is 0. The third kappa shape index (κ3) is 3.75. The van der Waals surface area contributed by atoms with Gasteiger partial charge in [-0.15, -0.1) is 0 Å². The van der Waals surface area contributed by atoms with Crippen LogP contribution in [0.25, 0.3) is 0 Å². The molecule has 1 aliphatic rings. The number of hydrogen-bond acceptors (Lipinski definition) is 3. The van der Waals surface area contributed by atoms with Gasteiger partial charge in [0.15, 0.2) is 0 Å². The van der Waals surface area contributed by atoms with Gasteiger partial charge in [-0.05, 0) is 19.1 Å². The van der Waals surface area contributed by atoms with Gasteiger partial charge in [0.2, 0.25) is 0 Å². The Morgan fingerprint density at radius 1 is 1.38 bits per heavy atom. The van der Waals surface area contributed by atoms with E-state index in [1.54, 1.807) is 16.7 Å². The van der Waals surface area contributed by atoms with Crippen molar-refractivity contribution in [3.8, 4) is 0 Å². The average molecular weight is 349 g/mol. The van der Waals surface area contributed by atoms with Crippen LogP contribution in [-0.4, -0.2) is 46.1 Å². The Labute approximate surface area is 136 Å². The summed E-state index contributed by atoms with van der Waals surface area (Å²) in [4.78, 5) is 24.9. The van der Waals surface area contributed by atoms with E-state index in [9.17, 15) is 9.59 Å². The molecule has 1 heterocycles. The maximum absolute atomic E-state index is 12.3. The second-order valence-electron chi connectivity index (χ2n) is 4.67. The zero-order chi connectivity index (χ0) is 15.6. The summed E-state index contributed by atoms with van der Waals surface area (Å²) >= 11 is 13.8. The van der Waals surface area contributed by atoms with Crippen molar-refractivity contribution in [2.75, 3.05) is 23.4 Å². The van der Waals surface area contributed by atoms with Crippen molar-refractivity contribution in [3.63, 3.8) is 0 Å². The van der Waals surface area contributed by atoms with Crippen molar-refractivity contribution in [2.24, 2.45) is 0 Å². The molecule has 0 saturated carbocycles. The first kappa shape index (κ1) is 16.3. The fourth-order valence-electron chi connectivity index (χ4n) is 2.02. The summed E-state index contributed by atoms with van der Waals surface area (Å²) in [5.74, 6) is 0.641. The highest BCUT2D eigenvalue weighted by Gasteiger charge is 2.25. The summed E-state index contributed by atoms with van der Waals surface area (Å²) in [6.45, 7) is 2.63. The number of urea groups is 1. The van der Waals surface area contributed by atoms with Gasteiger partial charge < -0.3 is 15.3 Å². The Kier molecular flexibility index (Phi) is 5.24. The van der Waals surface area contributed by atoms with Crippen molar-refractivity contribution < 1.29 is 14.7 Å². The van der Waals surface area contributed by atoms with E-state index in [-0.39, 0.29) is 33.4 Å². The Bertz CT molecular complexity index is 560. The average Bonchev–Trinajstić information content (AvgIpc) is 2.42. The minimum absolute atomic E-state index is 0.0225. The second kappa shape index (κ2) is 6.77. The van der Waals surface area contributed by atoms with E-state index in [0.29, 0.717) is 6.54 Å². The molecule has 1 aromatic rings. The quantitative estimate of drug-likeness (QED) is 0.855. The molecule has 1 saturated heterocycles. The first-order valence-electron chi connectivity index (χ1n) is 6.28. The number of carboxylic acid groups (broad SMARTS) is 1. The Morgan fingerprint density at radius 3 is 2.52 bits per heavy atom. The lowest BCUT2D eigenvalue weighted by Gasteiger charge is -2.33. The number of rotatable bonds is 2. The van der Waals surface area contributed by atoms with Gasteiger partial charge in [0.1, 0.15) is 0 Å². The van der Waals surface area contributed by atoms with E-state index in [1.165, 1.54) is 12.1 Å². The summed E-state index contributed by atoms with van der Waals surface area (Å²) in [5, 5.41) is 11.8. The SMILES string of the molecule is CC1CSCCN1C(=O)Nc1c(Cl)cc(C(=O)O)cc1Cl. The largest absolute Gasteiger partial charge is 0.478 e. The number of carbonyl (C=O) groups excluding carboxylic acids is 1. The fraction of sp³-hybridized carbons (Fsp3) is 0.385. The van der Waals surface area contributed by atoms with Gasteiger partial charge in [-0.3, -0.25) is 0 Å². The van der Waals surface area contributed by atoms with Crippen LogP contribution in [0, 0.1) is 0 Å². The van der Waals surface area contributed by atoms with Crippen LogP contribution < -0.4 is 5.32 Å². The maximum atomic E-state index is 12.3. The van der Waals surface area contributed by atoms with Crippen molar-refractivity contribution in [3.05, 3.63) is 27.7 Å². The molecule has 0 aliphatic carbocycles. The van der Waals surface area contributed by atoms with E-state index in [4.69, 9.17) is 28.3 Å². The molecule has 1 aromatic carbocycles. The molecule has 114 valence electrons. The number of hydrogen-bond donors (Lipinski definition) is 2. The minimum atomic E-state index is -1.13. The number of carbonyl (C=O) groups is 2. The van der Waals surface area contributed by atoms with Crippen LogP contribution in [0.15, 0.2) is 12.1 Å². The molecule has 2 rings (SSSR count). The zero-order valence-electron chi connectivity index (χ0n) is 11.2. The van der Waals surface area contributed by atoms with Gasteiger partial charge in [0, 0.05) is 24.1 Å². The van der Waals surface area contributed by atoms with Crippen LogP contribution in [-0.2, 0) is 0 Å². The normalized spacial score (nSPS) is 18.4. The van der Waals surface area contributed by atoms with E-state index < -0.39 is 5.97 Å². The van der Waals surface area contributed by atoms with E-state index in [2.05, 4.69) is 5.32 Å². The lowest BCUT2D eigenvalue weighted by molar-refractivity contribution is 0.0697. The number of aromatic carboxylic acids is 1. The zero-order valence-corrected chi connectivity index (χ0v) is 13.6. The third-order valence-corrected chi connectivity index (χ3v) is 4.94. The predicted molar refractivity (Wildman–Crippen MR) is 85.9 cm³/mol. The Hall–Kier alpha value is -1.11. The molecule has 21 heavy (non-hydrogen) atoms. The molecule has 1 aliphatic heterocycles. The number of halogens is 2. The monoisotopic (exact) mass is 348 g/mol. The summed E-state index contributed by atoms with van der Waals surface area (Å²) in [6.07, 6.45) is 0. The maximum Gasteiger partial charge on any atom is 0.335 e.